The largest absolute Gasteiger partial charge is 0.418 e. The SMILES string of the molecule is CC(Nc1ccc(C(F)(F)F)c(C(=O)c2cccnc2N)n1)C(CN)c1ccccc1. The molecule has 0 saturated carbocycles. The van der Waals surface area contributed by atoms with Crippen LogP contribution in [0.2, 0.25) is 0 Å². The number of rotatable bonds is 7. The number of benzene rings is 1. The van der Waals surface area contributed by atoms with Crippen LogP contribution >= 0.6 is 0 Å². The van der Waals surface area contributed by atoms with Gasteiger partial charge < -0.3 is 16.8 Å². The first-order valence-electron chi connectivity index (χ1n) is 9.57. The van der Waals surface area contributed by atoms with E-state index in [2.05, 4.69) is 15.3 Å². The molecule has 0 aliphatic rings. The summed E-state index contributed by atoms with van der Waals surface area (Å²) in [5.41, 5.74) is 10.6. The summed E-state index contributed by atoms with van der Waals surface area (Å²) in [7, 11) is 0. The normalized spacial score (nSPS) is 13.5. The average Bonchev–Trinajstić information content (AvgIpc) is 2.74. The van der Waals surface area contributed by atoms with Crippen LogP contribution in [0.25, 0.3) is 0 Å². The number of hydrogen-bond donors (Lipinski definition) is 3. The van der Waals surface area contributed by atoms with Crippen LogP contribution in [0.5, 0.6) is 0 Å². The smallest absolute Gasteiger partial charge is 0.383 e. The quantitative estimate of drug-likeness (QED) is 0.493. The average molecular weight is 429 g/mol. The third kappa shape index (κ3) is 5.00. The Morgan fingerprint density at radius 3 is 2.42 bits per heavy atom. The minimum Gasteiger partial charge on any atom is -0.383 e. The van der Waals surface area contributed by atoms with E-state index in [4.69, 9.17) is 11.5 Å². The van der Waals surface area contributed by atoms with Crippen molar-refractivity contribution in [2.24, 2.45) is 5.73 Å². The van der Waals surface area contributed by atoms with Gasteiger partial charge in [-0.2, -0.15) is 13.2 Å². The van der Waals surface area contributed by atoms with Gasteiger partial charge in [0.05, 0.1) is 11.1 Å². The second-order valence-electron chi connectivity index (χ2n) is 7.04. The predicted octanol–water partition coefficient (Wildman–Crippen LogP) is 3.85. The lowest BCUT2D eigenvalue weighted by Crippen LogP contribution is -2.30. The van der Waals surface area contributed by atoms with Crippen molar-refractivity contribution in [3.8, 4) is 0 Å². The molecule has 0 amide bonds. The number of carbonyl (C=O) groups is 1. The number of hydrogen-bond acceptors (Lipinski definition) is 6. The third-order valence-corrected chi connectivity index (χ3v) is 4.96. The molecule has 2 heterocycles. The zero-order valence-corrected chi connectivity index (χ0v) is 16.7. The van der Waals surface area contributed by atoms with Crippen LogP contribution in [-0.2, 0) is 6.18 Å². The van der Waals surface area contributed by atoms with Gasteiger partial charge in [0.25, 0.3) is 0 Å². The summed E-state index contributed by atoms with van der Waals surface area (Å²) in [5.74, 6) is -1.10. The van der Waals surface area contributed by atoms with Gasteiger partial charge in [0, 0.05) is 24.7 Å². The Hall–Kier alpha value is -3.46. The lowest BCUT2D eigenvalue weighted by molar-refractivity contribution is -0.138. The van der Waals surface area contributed by atoms with E-state index in [1.165, 1.54) is 24.4 Å². The Labute approximate surface area is 177 Å². The van der Waals surface area contributed by atoms with E-state index in [9.17, 15) is 18.0 Å². The fourth-order valence-electron chi connectivity index (χ4n) is 3.34. The number of ketones is 1. The molecule has 0 radical (unpaired) electrons. The first-order valence-corrected chi connectivity index (χ1v) is 9.57. The fourth-order valence-corrected chi connectivity index (χ4v) is 3.34. The van der Waals surface area contributed by atoms with Gasteiger partial charge in [-0.1, -0.05) is 30.3 Å². The van der Waals surface area contributed by atoms with Crippen LogP contribution in [-0.4, -0.2) is 28.3 Å². The van der Waals surface area contributed by atoms with Gasteiger partial charge in [0.15, 0.2) is 0 Å². The highest BCUT2D eigenvalue weighted by atomic mass is 19.4. The Balaban J connectivity index is 1.97. The highest BCUT2D eigenvalue weighted by Gasteiger charge is 2.37. The van der Waals surface area contributed by atoms with E-state index in [1.54, 1.807) is 0 Å². The van der Waals surface area contributed by atoms with Crippen molar-refractivity contribution in [1.82, 2.24) is 9.97 Å². The molecular weight excluding hydrogens is 407 g/mol. The topological polar surface area (TPSA) is 107 Å². The summed E-state index contributed by atoms with van der Waals surface area (Å²) in [6.45, 7) is 2.17. The van der Waals surface area contributed by atoms with E-state index in [0.717, 1.165) is 11.6 Å². The molecule has 6 nitrogen and oxygen atoms in total. The summed E-state index contributed by atoms with van der Waals surface area (Å²) in [6, 6.07) is 14.0. The summed E-state index contributed by atoms with van der Waals surface area (Å²) >= 11 is 0. The van der Waals surface area contributed by atoms with E-state index >= 15 is 0 Å². The molecule has 3 rings (SSSR count). The van der Waals surface area contributed by atoms with Crippen LogP contribution < -0.4 is 16.8 Å². The van der Waals surface area contributed by atoms with Crippen LogP contribution in [0.1, 0.15) is 40.0 Å². The van der Waals surface area contributed by atoms with Crippen molar-refractivity contribution in [2.75, 3.05) is 17.6 Å². The molecule has 2 atom stereocenters. The van der Waals surface area contributed by atoms with Crippen molar-refractivity contribution < 1.29 is 18.0 Å². The highest BCUT2D eigenvalue weighted by Crippen LogP contribution is 2.34. The molecule has 0 saturated heterocycles. The number of nitrogen functional groups attached to an aromatic ring is 1. The van der Waals surface area contributed by atoms with Gasteiger partial charge in [0.2, 0.25) is 5.78 Å². The van der Waals surface area contributed by atoms with E-state index < -0.39 is 23.2 Å². The molecule has 1 aromatic carbocycles. The molecule has 2 aromatic heterocycles. The first kappa shape index (κ1) is 22.2. The van der Waals surface area contributed by atoms with Crippen molar-refractivity contribution in [1.29, 1.82) is 0 Å². The van der Waals surface area contributed by atoms with Crippen molar-refractivity contribution >= 4 is 17.4 Å². The number of nitrogens with one attached hydrogen (secondary N) is 1. The Morgan fingerprint density at radius 2 is 1.81 bits per heavy atom. The third-order valence-electron chi connectivity index (χ3n) is 4.96. The van der Waals surface area contributed by atoms with Gasteiger partial charge in [-0.3, -0.25) is 4.79 Å². The Bertz CT molecular complexity index is 1060. The van der Waals surface area contributed by atoms with Crippen LogP contribution in [0.3, 0.4) is 0 Å². The number of alkyl halides is 3. The number of pyridine rings is 2. The zero-order valence-electron chi connectivity index (χ0n) is 16.7. The molecule has 162 valence electrons. The minimum atomic E-state index is -4.76. The highest BCUT2D eigenvalue weighted by molar-refractivity contribution is 6.11. The molecule has 5 N–H and O–H groups in total. The van der Waals surface area contributed by atoms with Crippen LogP contribution in [0.4, 0.5) is 24.8 Å². The molecule has 0 aliphatic carbocycles. The summed E-state index contributed by atoms with van der Waals surface area (Å²) < 4.78 is 40.6. The second-order valence-corrected chi connectivity index (χ2v) is 7.04. The lowest BCUT2D eigenvalue weighted by Gasteiger charge is -2.25. The standard InChI is InChI=1S/C22H22F3N5O/c1-13(16(12-26)14-6-3-2-4-7-14)29-18-10-9-17(22(23,24)25)19(30-18)20(31)15-8-5-11-28-21(15)27/h2-11,13,16H,12,26H2,1H3,(H2,27,28)(H,29,30). The maximum absolute atomic E-state index is 13.5. The summed E-state index contributed by atoms with van der Waals surface area (Å²) in [5, 5.41) is 3.07. The number of nitrogens with zero attached hydrogens (tertiary/aromatic N) is 2. The maximum Gasteiger partial charge on any atom is 0.418 e. The number of halogens is 3. The van der Waals surface area contributed by atoms with E-state index in [0.29, 0.717) is 6.54 Å². The second kappa shape index (κ2) is 9.13. The summed E-state index contributed by atoms with van der Waals surface area (Å²) in [6.07, 6.45) is -3.41. The van der Waals surface area contributed by atoms with Gasteiger partial charge in [-0.15, -0.1) is 0 Å². The monoisotopic (exact) mass is 429 g/mol. The van der Waals surface area contributed by atoms with Gasteiger partial charge >= 0.3 is 6.18 Å². The van der Waals surface area contributed by atoms with E-state index in [-0.39, 0.29) is 29.2 Å². The molecule has 31 heavy (non-hydrogen) atoms. The molecule has 0 bridgehead atoms. The molecule has 3 aromatic rings. The molecule has 0 aliphatic heterocycles. The predicted molar refractivity (Wildman–Crippen MR) is 113 cm³/mol. The fraction of sp³-hybridized carbons (Fsp3) is 0.227. The molecule has 9 heteroatoms. The molecule has 2 unspecified atom stereocenters. The van der Waals surface area contributed by atoms with Crippen molar-refractivity contribution in [3.63, 3.8) is 0 Å². The minimum absolute atomic E-state index is 0.113. The Kier molecular flexibility index (Phi) is 6.55. The number of carbonyl (C=O) groups excluding carboxylic acids is 1. The van der Waals surface area contributed by atoms with Gasteiger partial charge in [-0.25, -0.2) is 9.97 Å². The maximum atomic E-state index is 13.5. The first-order chi connectivity index (χ1) is 14.7. The van der Waals surface area contributed by atoms with Crippen LogP contribution in [0, 0.1) is 0 Å². The Morgan fingerprint density at radius 1 is 1.10 bits per heavy atom. The van der Waals surface area contributed by atoms with Crippen molar-refractivity contribution in [3.05, 3.63) is 83.2 Å². The molecule has 0 fully saturated rings. The number of nitrogens with two attached hydrogens (primary N) is 2. The zero-order chi connectivity index (χ0) is 22.6. The summed E-state index contributed by atoms with van der Waals surface area (Å²) in [4.78, 5) is 20.6. The van der Waals surface area contributed by atoms with Crippen molar-refractivity contribution in [2.45, 2.75) is 25.1 Å². The van der Waals surface area contributed by atoms with E-state index in [1.807, 2.05) is 37.3 Å². The lowest BCUT2D eigenvalue weighted by atomic mass is 9.92. The van der Waals surface area contributed by atoms with Gasteiger partial charge in [0.1, 0.15) is 17.3 Å². The number of aromatic nitrogens is 2. The van der Waals surface area contributed by atoms with Crippen LogP contribution in [0.15, 0.2) is 60.8 Å². The molecular formula is C22H22F3N5O. The molecule has 0 spiro atoms. The number of anilines is 2. The van der Waals surface area contributed by atoms with Gasteiger partial charge in [-0.05, 0) is 36.8 Å².